The first-order valence-electron chi connectivity index (χ1n) is 7.60. The second kappa shape index (κ2) is 6.43. The zero-order valence-electron chi connectivity index (χ0n) is 11.9. The van der Waals surface area contributed by atoms with Crippen molar-refractivity contribution < 1.29 is 18.3 Å². The smallest absolute Gasteiger partial charge is 0.303 e. The Morgan fingerprint density at radius 1 is 1.15 bits per heavy atom. The molecule has 2 aliphatic carbocycles. The lowest BCUT2D eigenvalue weighted by Crippen LogP contribution is -2.44. The standard InChI is InChI=1S/C14H25NO4S/c16-13(17)9-14(7-4-8-14)11-15-20(18,19)10-12-5-2-1-3-6-12/h12,15H,1-11H2,(H,16,17). The van der Waals surface area contributed by atoms with E-state index in [1.165, 1.54) is 6.42 Å². The molecule has 0 aliphatic heterocycles. The Morgan fingerprint density at radius 3 is 2.30 bits per heavy atom. The number of carboxylic acid groups (broad SMARTS) is 1. The van der Waals surface area contributed by atoms with Crippen LogP contribution in [0.2, 0.25) is 0 Å². The molecule has 2 N–H and O–H groups in total. The summed E-state index contributed by atoms with van der Waals surface area (Å²) in [5.74, 6) is -0.356. The normalized spacial score (nSPS) is 23.2. The number of hydrogen-bond donors (Lipinski definition) is 2. The van der Waals surface area contributed by atoms with Crippen molar-refractivity contribution in [3.8, 4) is 0 Å². The quantitative estimate of drug-likeness (QED) is 0.754. The van der Waals surface area contributed by atoms with Crippen LogP contribution in [0, 0.1) is 11.3 Å². The fourth-order valence-electron chi connectivity index (χ4n) is 3.40. The van der Waals surface area contributed by atoms with Crippen LogP contribution in [0.1, 0.15) is 57.8 Å². The fourth-order valence-corrected chi connectivity index (χ4v) is 5.00. The molecule has 0 spiro atoms. The predicted molar refractivity (Wildman–Crippen MR) is 76.9 cm³/mol. The monoisotopic (exact) mass is 303 g/mol. The summed E-state index contributed by atoms with van der Waals surface area (Å²) in [6.07, 6.45) is 8.16. The molecule has 0 atom stereocenters. The molecule has 0 saturated heterocycles. The van der Waals surface area contributed by atoms with Crippen molar-refractivity contribution in [2.24, 2.45) is 11.3 Å². The summed E-state index contributed by atoms with van der Waals surface area (Å²) in [7, 11) is -3.27. The molecule has 0 aromatic carbocycles. The molecule has 0 radical (unpaired) electrons. The van der Waals surface area contributed by atoms with E-state index in [4.69, 9.17) is 5.11 Å². The highest BCUT2D eigenvalue weighted by atomic mass is 32.2. The minimum absolute atomic E-state index is 0.0684. The maximum absolute atomic E-state index is 12.1. The van der Waals surface area contributed by atoms with E-state index in [0.717, 1.165) is 44.9 Å². The van der Waals surface area contributed by atoms with Crippen LogP contribution in [0.25, 0.3) is 0 Å². The molecule has 2 aliphatic rings. The highest BCUT2D eigenvalue weighted by molar-refractivity contribution is 7.89. The Hall–Kier alpha value is -0.620. The van der Waals surface area contributed by atoms with Gasteiger partial charge < -0.3 is 5.11 Å². The van der Waals surface area contributed by atoms with Gasteiger partial charge in [-0.3, -0.25) is 4.79 Å². The van der Waals surface area contributed by atoms with Gasteiger partial charge in [0.15, 0.2) is 0 Å². The zero-order valence-corrected chi connectivity index (χ0v) is 12.8. The molecule has 0 amide bonds. The van der Waals surface area contributed by atoms with Gasteiger partial charge in [-0.1, -0.05) is 25.7 Å². The summed E-state index contributed by atoms with van der Waals surface area (Å²) in [6, 6.07) is 0. The average Bonchev–Trinajstić information content (AvgIpc) is 2.33. The van der Waals surface area contributed by atoms with Crippen molar-refractivity contribution >= 4 is 16.0 Å². The van der Waals surface area contributed by atoms with Gasteiger partial charge in [0.1, 0.15) is 0 Å². The first-order valence-corrected chi connectivity index (χ1v) is 9.25. The van der Waals surface area contributed by atoms with Gasteiger partial charge in [-0.2, -0.15) is 0 Å². The van der Waals surface area contributed by atoms with E-state index in [-0.39, 0.29) is 30.1 Å². The third-order valence-electron chi connectivity index (χ3n) is 4.79. The van der Waals surface area contributed by atoms with Crippen LogP contribution in [-0.2, 0) is 14.8 Å². The predicted octanol–water partition coefficient (Wildman–Crippen LogP) is 2.13. The maximum atomic E-state index is 12.1. The number of rotatable bonds is 7. The first-order chi connectivity index (χ1) is 9.41. The van der Waals surface area contributed by atoms with E-state index in [1.54, 1.807) is 0 Å². The Morgan fingerprint density at radius 2 is 1.80 bits per heavy atom. The Labute approximate surface area is 121 Å². The highest BCUT2D eigenvalue weighted by Crippen LogP contribution is 2.43. The van der Waals surface area contributed by atoms with Crippen LogP contribution in [0.5, 0.6) is 0 Å². The number of hydrogen-bond acceptors (Lipinski definition) is 3. The topological polar surface area (TPSA) is 83.5 Å². The molecular formula is C14H25NO4S. The third-order valence-corrected chi connectivity index (χ3v) is 6.28. The Kier molecular flexibility index (Phi) is 5.07. The summed E-state index contributed by atoms with van der Waals surface area (Å²) in [6.45, 7) is 0.286. The maximum Gasteiger partial charge on any atom is 0.303 e. The summed E-state index contributed by atoms with van der Waals surface area (Å²) in [5.41, 5.74) is -0.342. The van der Waals surface area contributed by atoms with Crippen LogP contribution < -0.4 is 4.72 Å². The largest absolute Gasteiger partial charge is 0.481 e. The fraction of sp³-hybridized carbons (Fsp3) is 0.929. The van der Waals surface area contributed by atoms with Crippen molar-refractivity contribution in [2.75, 3.05) is 12.3 Å². The second-order valence-corrected chi connectivity index (χ2v) is 8.38. The van der Waals surface area contributed by atoms with Crippen LogP contribution in [0.3, 0.4) is 0 Å². The summed E-state index contributed by atoms with van der Waals surface area (Å²) in [5, 5.41) is 8.93. The number of carbonyl (C=O) groups is 1. The van der Waals surface area contributed by atoms with Crippen molar-refractivity contribution in [1.82, 2.24) is 4.72 Å². The molecule has 0 aromatic rings. The molecule has 2 fully saturated rings. The van der Waals surface area contributed by atoms with Crippen molar-refractivity contribution in [3.63, 3.8) is 0 Å². The number of carboxylic acids is 1. The zero-order chi connectivity index (χ0) is 14.6. The van der Waals surface area contributed by atoms with Gasteiger partial charge in [0.05, 0.1) is 12.2 Å². The number of sulfonamides is 1. The van der Waals surface area contributed by atoms with Crippen molar-refractivity contribution in [1.29, 1.82) is 0 Å². The highest BCUT2D eigenvalue weighted by Gasteiger charge is 2.39. The number of nitrogens with one attached hydrogen (secondary N) is 1. The van der Waals surface area contributed by atoms with Gasteiger partial charge in [-0.05, 0) is 37.0 Å². The molecule has 0 unspecified atom stereocenters. The first kappa shape index (κ1) is 15.8. The minimum atomic E-state index is -3.27. The van der Waals surface area contributed by atoms with Gasteiger partial charge in [-0.25, -0.2) is 13.1 Å². The lowest BCUT2D eigenvalue weighted by Gasteiger charge is -2.40. The van der Waals surface area contributed by atoms with Gasteiger partial charge in [0, 0.05) is 6.54 Å². The lowest BCUT2D eigenvalue weighted by atomic mass is 9.67. The van der Waals surface area contributed by atoms with E-state index in [9.17, 15) is 13.2 Å². The molecule has 6 heteroatoms. The summed E-state index contributed by atoms with van der Waals surface area (Å²) < 4.78 is 26.9. The molecule has 0 bridgehead atoms. The van der Waals surface area contributed by atoms with E-state index >= 15 is 0 Å². The SMILES string of the molecule is O=C(O)CC1(CNS(=O)(=O)CC2CCCCC2)CCC1. The summed E-state index contributed by atoms with van der Waals surface area (Å²) in [4.78, 5) is 10.9. The van der Waals surface area contributed by atoms with Crippen molar-refractivity contribution in [3.05, 3.63) is 0 Å². The molecule has 0 aromatic heterocycles. The lowest BCUT2D eigenvalue weighted by molar-refractivity contribution is -0.141. The van der Waals surface area contributed by atoms with E-state index in [0.29, 0.717) is 0 Å². The van der Waals surface area contributed by atoms with Crippen LogP contribution in [-0.4, -0.2) is 31.8 Å². The van der Waals surface area contributed by atoms with Gasteiger partial charge in [0.2, 0.25) is 10.0 Å². The minimum Gasteiger partial charge on any atom is -0.481 e. The van der Waals surface area contributed by atoms with Crippen LogP contribution in [0.15, 0.2) is 0 Å². The van der Waals surface area contributed by atoms with E-state index < -0.39 is 16.0 Å². The molecular weight excluding hydrogens is 278 g/mol. The van der Waals surface area contributed by atoms with Crippen LogP contribution >= 0.6 is 0 Å². The Bertz CT molecular complexity index is 436. The van der Waals surface area contributed by atoms with Crippen LogP contribution in [0.4, 0.5) is 0 Å². The molecule has 20 heavy (non-hydrogen) atoms. The van der Waals surface area contributed by atoms with Gasteiger partial charge in [0.25, 0.3) is 0 Å². The molecule has 2 saturated carbocycles. The van der Waals surface area contributed by atoms with Gasteiger partial charge >= 0.3 is 5.97 Å². The average molecular weight is 303 g/mol. The molecule has 5 nitrogen and oxygen atoms in total. The molecule has 0 heterocycles. The third kappa shape index (κ3) is 4.45. The van der Waals surface area contributed by atoms with Crippen molar-refractivity contribution in [2.45, 2.75) is 57.8 Å². The Balaban J connectivity index is 1.83. The summed E-state index contributed by atoms with van der Waals surface area (Å²) >= 11 is 0. The molecule has 116 valence electrons. The van der Waals surface area contributed by atoms with E-state index in [2.05, 4.69) is 4.72 Å². The molecule has 2 rings (SSSR count). The van der Waals surface area contributed by atoms with E-state index in [1.807, 2.05) is 0 Å². The number of aliphatic carboxylic acids is 1. The van der Waals surface area contributed by atoms with Gasteiger partial charge in [-0.15, -0.1) is 0 Å². The second-order valence-electron chi connectivity index (χ2n) is 6.53.